The predicted octanol–water partition coefficient (Wildman–Crippen LogP) is 2.25. The van der Waals surface area contributed by atoms with Crippen molar-refractivity contribution in [2.24, 2.45) is 5.73 Å². The van der Waals surface area contributed by atoms with Gasteiger partial charge in [-0.15, -0.1) is 0 Å². The molecule has 1 aromatic rings. The minimum absolute atomic E-state index is 0.0492. The fraction of sp³-hybridized carbons (Fsp3) is 0.333. The molecule has 0 fully saturated rings. The zero-order valence-electron chi connectivity index (χ0n) is 8.44. The molecule has 0 unspecified atom stereocenters. The summed E-state index contributed by atoms with van der Waals surface area (Å²) in [5.41, 5.74) is 4.56. The Morgan fingerprint density at radius 1 is 1.47 bits per heavy atom. The molecule has 0 aromatic heterocycles. The maximum absolute atomic E-state index is 12.1. The lowest BCUT2D eigenvalue weighted by molar-refractivity contribution is -0.385. The summed E-state index contributed by atoms with van der Waals surface area (Å²) in [7, 11) is 0. The topological polar surface area (TPSA) is 89.4 Å². The van der Waals surface area contributed by atoms with E-state index in [1.807, 2.05) is 0 Å². The molecule has 17 heavy (non-hydrogen) atoms. The van der Waals surface area contributed by atoms with Crippen molar-refractivity contribution < 1.29 is 23.2 Å². The van der Waals surface area contributed by atoms with Crippen LogP contribution in [-0.4, -0.2) is 16.2 Å². The molecule has 3 N–H and O–H groups in total. The number of halogens is 3. The fourth-order valence-corrected chi connectivity index (χ4v) is 1.28. The zero-order valence-corrected chi connectivity index (χ0v) is 8.44. The number of hydrogen-bond donors (Lipinski definition) is 2. The highest BCUT2D eigenvalue weighted by molar-refractivity contribution is 5.48. The largest absolute Gasteiger partial charge is 0.502 e. The van der Waals surface area contributed by atoms with Gasteiger partial charge in [-0.25, -0.2) is 0 Å². The third-order valence-corrected chi connectivity index (χ3v) is 2.08. The van der Waals surface area contributed by atoms with E-state index in [-0.39, 0.29) is 5.56 Å². The normalized spacial score (nSPS) is 13.4. The van der Waals surface area contributed by atoms with Crippen LogP contribution in [0.3, 0.4) is 0 Å². The van der Waals surface area contributed by atoms with Crippen molar-refractivity contribution in [1.82, 2.24) is 0 Å². The minimum Gasteiger partial charge on any atom is -0.502 e. The molecule has 0 heterocycles. The molecule has 94 valence electrons. The van der Waals surface area contributed by atoms with Crippen LogP contribution in [0, 0.1) is 10.1 Å². The quantitative estimate of drug-likeness (QED) is 0.636. The molecule has 0 saturated heterocycles. The Morgan fingerprint density at radius 2 is 2.06 bits per heavy atom. The summed E-state index contributed by atoms with van der Waals surface area (Å²) in [6, 6.07) is 1.52. The van der Waals surface area contributed by atoms with Crippen molar-refractivity contribution in [2.45, 2.75) is 18.6 Å². The van der Waals surface area contributed by atoms with Gasteiger partial charge in [0.05, 0.1) is 11.3 Å². The molecule has 8 heteroatoms. The lowest BCUT2D eigenvalue weighted by Gasteiger charge is -2.14. The molecular weight excluding hydrogens is 241 g/mol. The van der Waals surface area contributed by atoms with Gasteiger partial charge in [-0.1, -0.05) is 6.07 Å². The SMILES string of the molecule is N[C@H](CC(F)(F)F)c1ccc(O)c([N+](=O)[O-])c1. The first-order chi connectivity index (χ1) is 7.70. The van der Waals surface area contributed by atoms with Gasteiger partial charge in [-0.05, 0) is 11.6 Å². The van der Waals surface area contributed by atoms with Gasteiger partial charge >= 0.3 is 11.9 Å². The van der Waals surface area contributed by atoms with Crippen LogP contribution in [0.25, 0.3) is 0 Å². The van der Waals surface area contributed by atoms with Crippen molar-refractivity contribution in [3.05, 3.63) is 33.9 Å². The van der Waals surface area contributed by atoms with Crippen LogP contribution in [-0.2, 0) is 0 Å². The van der Waals surface area contributed by atoms with Gasteiger partial charge in [0.2, 0.25) is 0 Å². The van der Waals surface area contributed by atoms with Crippen molar-refractivity contribution in [3.8, 4) is 5.75 Å². The Bertz CT molecular complexity index is 434. The summed E-state index contributed by atoms with van der Waals surface area (Å²) >= 11 is 0. The smallest absolute Gasteiger partial charge is 0.390 e. The molecule has 0 saturated carbocycles. The highest BCUT2D eigenvalue weighted by Gasteiger charge is 2.31. The molecule has 1 rings (SSSR count). The Balaban J connectivity index is 3.00. The van der Waals surface area contributed by atoms with Gasteiger partial charge in [-0.3, -0.25) is 10.1 Å². The molecule has 0 spiro atoms. The third kappa shape index (κ3) is 3.59. The maximum atomic E-state index is 12.1. The number of alkyl halides is 3. The van der Waals surface area contributed by atoms with E-state index in [1.54, 1.807) is 0 Å². The van der Waals surface area contributed by atoms with Crippen molar-refractivity contribution >= 4 is 5.69 Å². The van der Waals surface area contributed by atoms with Crippen LogP contribution >= 0.6 is 0 Å². The first-order valence-corrected chi connectivity index (χ1v) is 4.50. The van der Waals surface area contributed by atoms with E-state index >= 15 is 0 Å². The Kier molecular flexibility index (Phi) is 3.56. The number of nitro benzene ring substituents is 1. The van der Waals surface area contributed by atoms with E-state index in [4.69, 9.17) is 10.8 Å². The van der Waals surface area contributed by atoms with Gasteiger partial charge in [0.1, 0.15) is 0 Å². The number of hydrogen-bond acceptors (Lipinski definition) is 4. The molecule has 0 bridgehead atoms. The van der Waals surface area contributed by atoms with Crippen LogP contribution in [0.2, 0.25) is 0 Å². The lowest BCUT2D eigenvalue weighted by atomic mass is 10.0. The number of nitrogens with zero attached hydrogens (tertiary/aromatic N) is 1. The third-order valence-electron chi connectivity index (χ3n) is 2.08. The summed E-state index contributed by atoms with van der Waals surface area (Å²) < 4.78 is 36.2. The second kappa shape index (κ2) is 4.58. The van der Waals surface area contributed by atoms with Crippen molar-refractivity contribution in [2.75, 3.05) is 0 Å². The molecule has 0 amide bonds. The van der Waals surface area contributed by atoms with Gasteiger partial charge in [0.25, 0.3) is 0 Å². The molecular formula is C9H9F3N2O3. The molecule has 5 nitrogen and oxygen atoms in total. The Hall–Kier alpha value is -1.83. The molecule has 1 aromatic carbocycles. The monoisotopic (exact) mass is 250 g/mol. The number of benzene rings is 1. The van der Waals surface area contributed by atoms with Crippen molar-refractivity contribution in [1.29, 1.82) is 0 Å². The summed E-state index contributed by atoms with van der Waals surface area (Å²) in [5.74, 6) is -0.613. The number of phenols is 1. The second-order valence-electron chi connectivity index (χ2n) is 3.43. The molecule has 0 aliphatic carbocycles. The van der Waals surface area contributed by atoms with E-state index in [2.05, 4.69) is 0 Å². The van der Waals surface area contributed by atoms with Gasteiger partial charge in [0, 0.05) is 12.1 Å². The summed E-state index contributed by atoms with van der Waals surface area (Å²) in [6.45, 7) is 0. The summed E-state index contributed by atoms with van der Waals surface area (Å²) in [4.78, 5) is 9.57. The van der Waals surface area contributed by atoms with E-state index in [9.17, 15) is 23.3 Å². The van der Waals surface area contributed by atoms with Gasteiger partial charge < -0.3 is 10.8 Å². The Morgan fingerprint density at radius 3 is 2.53 bits per heavy atom. The molecule has 0 aliphatic rings. The molecule has 0 radical (unpaired) electrons. The van der Waals surface area contributed by atoms with Crippen molar-refractivity contribution in [3.63, 3.8) is 0 Å². The van der Waals surface area contributed by atoms with Gasteiger partial charge in [-0.2, -0.15) is 13.2 Å². The highest BCUT2D eigenvalue weighted by atomic mass is 19.4. The standard InChI is InChI=1S/C9H9F3N2O3/c10-9(11,12)4-6(13)5-1-2-8(15)7(3-5)14(16)17/h1-3,6,15H,4,13H2/t6-/m1/s1. The average Bonchev–Trinajstić information content (AvgIpc) is 2.14. The number of nitro groups is 1. The van der Waals surface area contributed by atoms with Crippen LogP contribution in [0.15, 0.2) is 18.2 Å². The van der Waals surface area contributed by atoms with E-state index in [1.165, 1.54) is 0 Å². The van der Waals surface area contributed by atoms with Crippen LogP contribution in [0.1, 0.15) is 18.0 Å². The van der Waals surface area contributed by atoms with E-state index in [0.717, 1.165) is 18.2 Å². The fourth-order valence-electron chi connectivity index (χ4n) is 1.28. The summed E-state index contributed by atoms with van der Waals surface area (Å²) in [6.07, 6.45) is -5.74. The first-order valence-electron chi connectivity index (χ1n) is 4.50. The minimum atomic E-state index is -4.45. The first kappa shape index (κ1) is 13.2. The lowest BCUT2D eigenvalue weighted by Crippen LogP contribution is -2.20. The predicted molar refractivity (Wildman–Crippen MR) is 52.4 cm³/mol. The zero-order chi connectivity index (χ0) is 13.2. The summed E-state index contributed by atoms with van der Waals surface area (Å²) in [5, 5.41) is 19.6. The number of nitrogens with two attached hydrogens (primary N) is 1. The average molecular weight is 250 g/mol. The van der Waals surface area contributed by atoms with Crippen LogP contribution in [0.5, 0.6) is 5.75 Å². The van der Waals surface area contributed by atoms with E-state index < -0.39 is 35.0 Å². The Labute approximate surface area is 93.8 Å². The van der Waals surface area contributed by atoms with E-state index in [0.29, 0.717) is 0 Å². The number of aromatic hydroxyl groups is 1. The van der Waals surface area contributed by atoms with Crippen LogP contribution in [0.4, 0.5) is 18.9 Å². The highest BCUT2D eigenvalue weighted by Crippen LogP contribution is 2.32. The van der Waals surface area contributed by atoms with Gasteiger partial charge in [0.15, 0.2) is 5.75 Å². The van der Waals surface area contributed by atoms with Crippen LogP contribution < -0.4 is 5.73 Å². The molecule has 0 aliphatic heterocycles. The number of rotatable bonds is 3. The number of phenolic OH excluding ortho intramolecular Hbond substituents is 1. The second-order valence-corrected chi connectivity index (χ2v) is 3.43. The maximum Gasteiger partial charge on any atom is 0.390 e. The molecule has 1 atom stereocenters.